The molecular weight excluding hydrogens is 536 g/mol. The number of halogens is 8. The van der Waals surface area contributed by atoms with Crippen LogP contribution >= 0.6 is 22.6 Å². The van der Waals surface area contributed by atoms with E-state index in [2.05, 4.69) is 11.0 Å². The smallest absolute Gasteiger partial charge is 0.422 e. The van der Waals surface area contributed by atoms with Crippen molar-refractivity contribution in [3.8, 4) is 23.8 Å². The first-order chi connectivity index (χ1) is 14.0. The summed E-state index contributed by atoms with van der Waals surface area (Å²) in [7, 11) is 1.34. The third kappa shape index (κ3) is 4.89. The van der Waals surface area contributed by atoms with Crippen LogP contribution in [0.3, 0.4) is 0 Å². The van der Waals surface area contributed by atoms with E-state index in [-0.39, 0.29) is 12.4 Å². The number of terminal acetylenes is 1. The van der Waals surface area contributed by atoms with Crippen LogP contribution in [-0.2, 0) is 6.18 Å². The minimum Gasteiger partial charge on any atom is -0.493 e. The van der Waals surface area contributed by atoms with Gasteiger partial charge in [-0.15, -0.1) is 6.42 Å². The molecule has 0 saturated carbocycles. The van der Waals surface area contributed by atoms with Gasteiger partial charge in [0.2, 0.25) is 0 Å². The van der Waals surface area contributed by atoms with Gasteiger partial charge in [0.25, 0.3) is 0 Å². The fourth-order valence-corrected chi connectivity index (χ4v) is 3.00. The molecule has 12 heteroatoms. The number of nitrogens with zero attached hydrogens (tertiary/aromatic N) is 1. The molecule has 0 aliphatic heterocycles. The van der Waals surface area contributed by atoms with Gasteiger partial charge in [0, 0.05) is 0 Å². The molecule has 0 saturated heterocycles. The van der Waals surface area contributed by atoms with E-state index in [1.54, 1.807) is 5.43 Å². The summed E-state index contributed by atoms with van der Waals surface area (Å²) in [6.07, 6.45) is 0.480. The number of methoxy groups -OCH3 is 1. The predicted molar refractivity (Wildman–Crippen MR) is 103 cm³/mol. The zero-order chi connectivity index (χ0) is 22.6. The van der Waals surface area contributed by atoms with E-state index < -0.39 is 40.7 Å². The van der Waals surface area contributed by atoms with Crippen LogP contribution in [0, 0.1) is 39.2 Å². The Morgan fingerprint density at radius 1 is 1.13 bits per heavy atom. The quantitative estimate of drug-likeness (QED) is 0.133. The average molecular weight is 546 g/mol. The predicted octanol–water partition coefficient (Wildman–Crippen LogP) is 5.33. The summed E-state index contributed by atoms with van der Waals surface area (Å²) in [5, 5.41) is 3.41. The van der Waals surface area contributed by atoms with Crippen molar-refractivity contribution in [2.24, 2.45) is 5.10 Å². The molecule has 0 atom stereocenters. The van der Waals surface area contributed by atoms with Crippen molar-refractivity contribution < 1.29 is 40.2 Å². The number of alkyl halides is 3. The van der Waals surface area contributed by atoms with E-state index >= 15 is 0 Å². The topological polar surface area (TPSA) is 42.8 Å². The van der Waals surface area contributed by atoms with Crippen LogP contribution in [0.4, 0.5) is 36.4 Å². The Balaban J connectivity index is 2.36. The van der Waals surface area contributed by atoms with E-state index in [0.29, 0.717) is 14.9 Å². The van der Waals surface area contributed by atoms with Gasteiger partial charge in [-0.1, -0.05) is 5.92 Å². The Kier molecular flexibility index (Phi) is 7.40. The summed E-state index contributed by atoms with van der Waals surface area (Å²) < 4.78 is 104. The molecule has 0 bridgehead atoms. The van der Waals surface area contributed by atoms with Crippen LogP contribution in [0.5, 0.6) is 11.5 Å². The highest BCUT2D eigenvalue weighted by atomic mass is 127. The molecule has 0 fully saturated rings. The molecule has 0 heterocycles. The van der Waals surface area contributed by atoms with Crippen molar-refractivity contribution in [2.75, 3.05) is 19.1 Å². The normalized spacial score (nSPS) is 11.5. The highest BCUT2D eigenvalue weighted by Gasteiger charge is 2.42. The van der Waals surface area contributed by atoms with Crippen LogP contribution in [0.1, 0.15) is 11.1 Å². The van der Waals surface area contributed by atoms with Crippen LogP contribution in [-0.4, -0.2) is 19.9 Å². The van der Waals surface area contributed by atoms with E-state index in [4.69, 9.17) is 15.9 Å². The van der Waals surface area contributed by atoms with Gasteiger partial charge in [-0.3, -0.25) is 5.43 Å². The molecule has 0 spiro atoms. The third-order valence-electron chi connectivity index (χ3n) is 3.49. The van der Waals surface area contributed by atoms with Gasteiger partial charge in [-0.25, -0.2) is 17.6 Å². The lowest BCUT2D eigenvalue weighted by atomic mass is 10.1. The zero-order valence-electron chi connectivity index (χ0n) is 14.8. The molecule has 1 N–H and O–H groups in total. The van der Waals surface area contributed by atoms with Gasteiger partial charge < -0.3 is 9.47 Å². The Morgan fingerprint density at radius 3 is 2.23 bits per heavy atom. The molecule has 0 aromatic heterocycles. The fourth-order valence-electron chi connectivity index (χ4n) is 2.22. The van der Waals surface area contributed by atoms with Gasteiger partial charge in [0.15, 0.2) is 34.8 Å². The first kappa shape index (κ1) is 23.6. The van der Waals surface area contributed by atoms with Gasteiger partial charge in [-0.05, 0) is 40.3 Å². The van der Waals surface area contributed by atoms with Gasteiger partial charge in [0.1, 0.15) is 17.9 Å². The lowest BCUT2D eigenvalue weighted by molar-refractivity contribution is -0.143. The minimum absolute atomic E-state index is 0.0367. The number of benzene rings is 2. The molecule has 0 amide bonds. The lowest BCUT2D eigenvalue weighted by Gasteiger charge is -2.13. The van der Waals surface area contributed by atoms with Crippen molar-refractivity contribution in [1.82, 2.24) is 0 Å². The maximum atomic E-state index is 13.8. The molecular formula is C18H10F7IN2O2. The van der Waals surface area contributed by atoms with Crippen molar-refractivity contribution in [1.29, 1.82) is 0 Å². The number of hydrogen-bond donors (Lipinski definition) is 1. The van der Waals surface area contributed by atoms with Crippen molar-refractivity contribution in [3.63, 3.8) is 0 Å². The summed E-state index contributed by atoms with van der Waals surface area (Å²) in [5.74, 6) is -6.90. The fraction of sp³-hybridized carbons (Fsp3) is 0.167. The Bertz CT molecular complexity index is 1000. The van der Waals surface area contributed by atoms with Crippen molar-refractivity contribution >= 4 is 34.5 Å². The first-order valence-electron chi connectivity index (χ1n) is 7.68. The summed E-state index contributed by atoms with van der Waals surface area (Å²) in [5.41, 5.74) is -2.23. The Labute approximate surface area is 179 Å². The molecule has 160 valence electrons. The molecule has 0 aliphatic carbocycles. The van der Waals surface area contributed by atoms with Gasteiger partial charge in [-0.2, -0.15) is 18.3 Å². The van der Waals surface area contributed by atoms with Gasteiger partial charge >= 0.3 is 6.18 Å². The molecule has 2 rings (SSSR count). The molecule has 0 unspecified atom stereocenters. The number of ether oxygens (including phenoxy) is 2. The number of anilines is 1. The molecule has 4 nitrogen and oxygen atoms in total. The summed E-state index contributed by atoms with van der Waals surface area (Å²) >= 11 is 1.89. The van der Waals surface area contributed by atoms with E-state index in [1.807, 2.05) is 22.6 Å². The van der Waals surface area contributed by atoms with E-state index in [0.717, 1.165) is 6.21 Å². The lowest BCUT2D eigenvalue weighted by Crippen LogP contribution is -2.16. The Morgan fingerprint density at radius 2 is 1.73 bits per heavy atom. The van der Waals surface area contributed by atoms with Crippen molar-refractivity contribution in [3.05, 3.63) is 50.1 Å². The standard InChI is InChI=1S/C18H10F7IN2O2/c1-3-4-30-17-9(26)5-8(6-10(17)29-2)7-27-28-16-14(21)12(19)11(18(23,24)25)13(20)15(16)22/h1,5-7,28H,4H2,2H3/b27-7+. The van der Waals surface area contributed by atoms with E-state index in [1.165, 1.54) is 19.2 Å². The number of nitrogens with one attached hydrogen (secondary N) is 1. The third-order valence-corrected chi connectivity index (χ3v) is 4.29. The number of rotatable bonds is 6. The summed E-state index contributed by atoms with van der Waals surface area (Å²) in [4.78, 5) is 0. The van der Waals surface area contributed by atoms with Crippen molar-refractivity contribution in [2.45, 2.75) is 6.18 Å². The SMILES string of the molecule is C#CCOc1c(I)cc(/C=N/Nc2c(F)c(F)c(C(F)(F)F)c(F)c2F)cc1OC. The maximum Gasteiger partial charge on any atom is 0.422 e. The summed E-state index contributed by atoms with van der Waals surface area (Å²) in [6.45, 7) is -0.0367. The minimum atomic E-state index is -5.63. The van der Waals surface area contributed by atoms with Crippen LogP contribution in [0.2, 0.25) is 0 Å². The highest BCUT2D eigenvalue weighted by molar-refractivity contribution is 14.1. The molecule has 2 aromatic rings. The highest BCUT2D eigenvalue weighted by Crippen LogP contribution is 2.38. The number of hydrazone groups is 1. The first-order valence-corrected chi connectivity index (χ1v) is 8.76. The van der Waals surface area contributed by atoms with Crippen LogP contribution in [0.15, 0.2) is 17.2 Å². The monoisotopic (exact) mass is 546 g/mol. The molecule has 2 aromatic carbocycles. The molecule has 0 radical (unpaired) electrons. The second-order valence-electron chi connectivity index (χ2n) is 5.40. The molecule has 0 aliphatic rings. The number of hydrogen-bond acceptors (Lipinski definition) is 4. The maximum absolute atomic E-state index is 13.8. The van der Waals surface area contributed by atoms with Gasteiger partial charge in [0.05, 0.1) is 16.9 Å². The molecule has 30 heavy (non-hydrogen) atoms. The second kappa shape index (κ2) is 9.41. The van der Waals surface area contributed by atoms with Crippen LogP contribution in [0.25, 0.3) is 0 Å². The second-order valence-corrected chi connectivity index (χ2v) is 6.56. The van der Waals surface area contributed by atoms with Crippen LogP contribution < -0.4 is 14.9 Å². The zero-order valence-corrected chi connectivity index (χ0v) is 17.0. The largest absolute Gasteiger partial charge is 0.493 e. The summed E-state index contributed by atoms with van der Waals surface area (Å²) in [6, 6.07) is 2.90. The van der Waals surface area contributed by atoms with E-state index in [9.17, 15) is 30.7 Å². The Hall–Kier alpha value is -2.69. The average Bonchev–Trinajstić information content (AvgIpc) is 2.67.